The van der Waals surface area contributed by atoms with Gasteiger partial charge in [-0.1, -0.05) is 55.1 Å². The van der Waals surface area contributed by atoms with E-state index in [9.17, 15) is 5.11 Å². The third-order valence-electron chi connectivity index (χ3n) is 4.73. The molecular formula is C17H25Cl2NO. The van der Waals surface area contributed by atoms with E-state index >= 15 is 0 Å². The number of benzene rings is 1. The topological polar surface area (TPSA) is 23.5 Å². The van der Waals surface area contributed by atoms with Crippen LogP contribution in [0.5, 0.6) is 0 Å². The van der Waals surface area contributed by atoms with Gasteiger partial charge in [-0.2, -0.15) is 0 Å². The molecule has 0 radical (unpaired) electrons. The van der Waals surface area contributed by atoms with E-state index < -0.39 is 6.10 Å². The fraction of sp³-hybridized carbons (Fsp3) is 0.647. The van der Waals surface area contributed by atoms with Crippen LogP contribution >= 0.6 is 23.2 Å². The van der Waals surface area contributed by atoms with E-state index in [1.54, 1.807) is 6.07 Å². The zero-order valence-electron chi connectivity index (χ0n) is 12.9. The molecule has 1 aromatic rings. The monoisotopic (exact) mass is 329 g/mol. The third-order valence-corrected chi connectivity index (χ3v) is 5.56. The first-order valence-electron chi connectivity index (χ1n) is 7.83. The van der Waals surface area contributed by atoms with Crippen molar-refractivity contribution in [2.45, 2.75) is 51.2 Å². The number of nitrogens with zero attached hydrogens (tertiary/aromatic N) is 1. The molecule has 3 atom stereocenters. The van der Waals surface area contributed by atoms with E-state index in [1.165, 1.54) is 25.7 Å². The summed E-state index contributed by atoms with van der Waals surface area (Å²) in [5.41, 5.74) is 0.731. The molecule has 4 heteroatoms. The Labute approximate surface area is 138 Å². The van der Waals surface area contributed by atoms with E-state index in [4.69, 9.17) is 23.2 Å². The molecule has 1 N–H and O–H groups in total. The SMILES string of the molecule is CC1CCCCC1N(C)CCC(O)c1cccc(Cl)c1Cl. The van der Waals surface area contributed by atoms with Gasteiger partial charge in [0, 0.05) is 18.2 Å². The van der Waals surface area contributed by atoms with Crippen LogP contribution in [-0.2, 0) is 0 Å². The van der Waals surface area contributed by atoms with Gasteiger partial charge in [0.15, 0.2) is 0 Å². The molecule has 2 rings (SSSR count). The van der Waals surface area contributed by atoms with Crippen molar-refractivity contribution in [1.29, 1.82) is 0 Å². The quantitative estimate of drug-likeness (QED) is 0.828. The summed E-state index contributed by atoms with van der Waals surface area (Å²) in [6, 6.07) is 6.07. The summed E-state index contributed by atoms with van der Waals surface area (Å²) >= 11 is 12.2. The number of rotatable bonds is 5. The molecule has 0 heterocycles. The summed E-state index contributed by atoms with van der Waals surface area (Å²) in [5.74, 6) is 0.746. The van der Waals surface area contributed by atoms with Crippen LogP contribution in [0.25, 0.3) is 0 Å². The van der Waals surface area contributed by atoms with Crippen molar-refractivity contribution in [2.75, 3.05) is 13.6 Å². The van der Waals surface area contributed by atoms with Crippen LogP contribution in [0.4, 0.5) is 0 Å². The minimum atomic E-state index is -0.558. The number of hydrogen-bond acceptors (Lipinski definition) is 2. The normalized spacial score (nSPS) is 24.3. The Balaban J connectivity index is 1.91. The average molecular weight is 330 g/mol. The summed E-state index contributed by atoms with van der Waals surface area (Å²) in [6.07, 6.45) is 5.38. The summed E-state index contributed by atoms with van der Waals surface area (Å²) in [5, 5.41) is 11.3. The van der Waals surface area contributed by atoms with Crippen molar-refractivity contribution >= 4 is 23.2 Å². The molecule has 118 valence electrons. The zero-order chi connectivity index (χ0) is 15.4. The fourth-order valence-electron chi connectivity index (χ4n) is 3.38. The Bertz CT molecular complexity index is 466. The Morgan fingerprint density at radius 3 is 2.71 bits per heavy atom. The second-order valence-corrected chi connectivity index (χ2v) is 7.04. The molecule has 0 spiro atoms. The highest BCUT2D eigenvalue weighted by molar-refractivity contribution is 6.42. The molecule has 0 bridgehead atoms. The van der Waals surface area contributed by atoms with Crippen molar-refractivity contribution in [1.82, 2.24) is 4.90 Å². The molecular weight excluding hydrogens is 305 g/mol. The van der Waals surface area contributed by atoms with Gasteiger partial charge in [-0.3, -0.25) is 0 Å². The van der Waals surface area contributed by atoms with Gasteiger partial charge in [-0.05, 0) is 38.3 Å². The lowest BCUT2D eigenvalue weighted by atomic mass is 9.85. The van der Waals surface area contributed by atoms with Crippen LogP contribution in [0, 0.1) is 5.92 Å². The molecule has 0 saturated heterocycles. The molecule has 1 aromatic carbocycles. The number of aliphatic hydroxyl groups is 1. The second-order valence-electron chi connectivity index (χ2n) is 6.26. The van der Waals surface area contributed by atoms with Crippen molar-refractivity contribution < 1.29 is 5.11 Å². The molecule has 3 unspecified atom stereocenters. The number of hydrogen-bond donors (Lipinski definition) is 1. The van der Waals surface area contributed by atoms with Crippen LogP contribution in [0.3, 0.4) is 0 Å². The fourth-order valence-corrected chi connectivity index (χ4v) is 3.81. The molecule has 1 aliphatic rings. The maximum Gasteiger partial charge on any atom is 0.0817 e. The first-order valence-corrected chi connectivity index (χ1v) is 8.58. The van der Waals surface area contributed by atoms with Gasteiger partial charge in [0.25, 0.3) is 0 Å². The van der Waals surface area contributed by atoms with Crippen LogP contribution in [0.2, 0.25) is 10.0 Å². The van der Waals surface area contributed by atoms with Crippen LogP contribution in [0.1, 0.15) is 50.7 Å². The highest BCUT2D eigenvalue weighted by Gasteiger charge is 2.25. The van der Waals surface area contributed by atoms with E-state index in [0.29, 0.717) is 22.5 Å². The molecule has 1 fully saturated rings. The summed E-state index contributed by atoms with van der Waals surface area (Å²) in [4.78, 5) is 2.39. The average Bonchev–Trinajstić information content (AvgIpc) is 2.47. The summed E-state index contributed by atoms with van der Waals surface area (Å²) in [6.45, 7) is 3.21. The van der Waals surface area contributed by atoms with Crippen LogP contribution in [-0.4, -0.2) is 29.6 Å². The van der Waals surface area contributed by atoms with E-state index in [2.05, 4.69) is 18.9 Å². The largest absolute Gasteiger partial charge is 0.388 e. The minimum absolute atomic E-state index is 0.473. The Morgan fingerprint density at radius 2 is 2.00 bits per heavy atom. The zero-order valence-corrected chi connectivity index (χ0v) is 14.4. The predicted molar refractivity (Wildman–Crippen MR) is 90.1 cm³/mol. The van der Waals surface area contributed by atoms with Gasteiger partial charge >= 0.3 is 0 Å². The van der Waals surface area contributed by atoms with E-state index in [0.717, 1.165) is 18.0 Å². The Hall–Kier alpha value is -0.280. The van der Waals surface area contributed by atoms with E-state index in [-0.39, 0.29) is 0 Å². The van der Waals surface area contributed by atoms with Gasteiger partial charge in [0.05, 0.1) is 16.1 Å². The summed E-state index contributed by atoms with van der Waals surface area (Å²) in [7, 11) is 2.17. The lowest BCUT2D eigenvalue weighted by Gasteiger charge is -2.36. The van der Waals surface area contributed by atoms with Gasteiger partial charge in [-0.25, -0.2) is 0 Å². The number of halogens is 2. The number of aliphatic hydroxyl groups excluding tert-OH is 1. The second kappa shape index (κ2) is 7.82. The minimum Gasteiger partial charge on any atom is -0.388 e. The highest BCUT2D eigenvalue weighted by atomic mass is 35.5. The molecule has 1 aliphatic carbocycles. The standard InChI is InChI=1S/C17H25Cl2NO/c1-12-6-3-4-9-15(12)20(2)11-10-16(21)13-7-5-8-14(18)17(13)19/h5,7-8,12,15-16,21H,3-4,6,9-11H2,1-2H3. The molecule has 2 nitrogen and oxygen atoms in total. The first kappa shape index (κ1) is 17.1. The van der Waals surface area contributed by atoms with Crippen molar-refractivity contribution in [3.05, 3.63) is 33.8 Å². The Morgan fingerprint density at radius 1 is 1.29 bits per heavy atom. The summed E-state index contributed by atoms with van der Waals surface area (Å²) < 4.78 is 0. The van der Waals surface area contributed by atoms with E-state index in [1.807, 2.05) is 12.1 Å². The van der Waals surface area contributed by atoms with Crippen LogP contribution < -0.4 is 0 Å². The third kappa shape index (κ3) is 4.35. The van der Waals surface area contributed by atoms with Crippen LogP contribution in [0.15, 0.2) is 18.2 Å². The lowest BCUT2D eigenvalue weighted by molar-refractivity contribution is 0.103. The van der Waals surface area contributed by atoms with Crippen molar-refractivity contribution in [3.63, 3.8) is 0 Å². The highest BCUT2D eigenvalue weighted by Crippen LogP contribution is 2.32. The smallest absolute Gasteiger partial charge is 0.0817 e. The maximum atomic E-state index is 10.4. The van der Waals surface area contributed by atoms with Crippen molar-refractivity contribution in [3.8, 4) is 0 Å². The van der Waals surface area contributed by atoms with Crippen molar-refractivity contribution in [2.24, 2.45) is 5.92 Å². The maximum absolute atomic E-state index is 10.4. The first-order chi connectivity index (χ1) is 10.0. The molecule has 0 aliphatic heterocycles. The molecule has 21 heavy (non-hydrogen) atoms. The van der Waals surface area contributed by atoms with Gasteiger partial charge in [0.1, 0.15) is 0 Å². The molecule has 1 saturated carbocycles. The van der Waals surface area contributed by atoms with Gasteiger partial charge in [-0.15, -0.1) is 0 Å². The Kier molecular flexibility index (Phi) is 6.36. The van der Waals surface area contributed by atoms with Gasteiger partial charge < -0.3 is 10.0 Å². The van der Waals surface area contributed by atoms with Gasteiger partial charge in [0.2, 0.25) is 0 Å². The predicted octanol–water partition coefficient (Wildman–Crippen LogP) is 4.93. The molecule has 0 aromatic heterocycles. The molecule has 0 amide bonds. The lowest BCUT2D eigenvalue weighted by Crippen LogP contribution is -2.39.